The summed E-state index contributed by atoms with van der Waals surface area (Å²) in [6, 6.07) is 3.99. The van der Waals surface area contributed by atoms with E-state index in [0.29, 0.717) is 6.04 Å². The van der Waals surface area contributed by atoms with Gasteiger partial charge in [-0.1, -0.05) is 13.8 Å². The minimum atomic E-state index is -0.281. The molecule has 3 nitrogen and oxygen atoms in total. The van der Waals surface area contributed by atoms with Crippen molar-refractivity contribution < 1.29 is 4.39 Å². The van der Waals surface area contributed by atoms with Crippen LogP contribution in [0, 0.1) is 5.82 Å². The van der Waals surface area contributed by atoms with Gasteiger partial charge in [-0.2, -0.15) is 0 Å². The Bertz CT molecular complexity index is 351. The molecule has 0 aliphatic rings. The van der Waals surface area contributed by atoms with E-state index in [0.717, 1.165) is 31.7 Å². The largest absolute Gasteiger partial charge is 0.309 e. The molecule has 19 heavy (non-hydrogen) atoms. The van der Waals surface area contributed by atoms with Crippen molar-refractivity contribution in [2.24, 2.45) is 0 Å². The van der Waals surface area contributed by atoms with Crippen molar-refractivity contribution >= 4 is 0 Å². The van der Waals surface area contributed by atoms with Crippen LogP contribution in [0.15, 0.2) is 18.3 Å². The molecule has 0 amide bonds. The minimum absolute atomic E-state index is 0.193. The molecule has 1 N–H and O–H groups in total. The molecular formula is C15H26FN3. The van der Waals surface area contributed by atoms with Crippen LogP contribution in [0.1, 0.15) is 45.9 Å². The van der Waals surface area contributed by atoms with Crippen LogP contribution in [0.5, 0.6) is 0 Å². The Labute approximate surface area is 116 Å². The topological polar surface area (TPSA) is 28.2 Å². The van der Waals surface area contributed by atoms with Crippen molar-refractivity contribution in [2.75, 3.05) is 19.6 Å². The van der Waals surface area contributed by atoms with Crippen molar-refractivity contribution in [1.82, 2.24) is 15.2 Å². The summed E-state index contributed by atoms with van der Waals surface area (Å²) in [6.07, 6.45) is 2.28. The number of hydrogen-bond acceptors (Lipinski definition) is 3. The lowest BCUT2D eigenvalue weighted by atomic mass is 10.1. The summed E-state index contributed by atoms with van der Waals surface area (Å²) in [7, 11) is 0. The second-order valence-corrected chi connectivity index (χ2v) is 5.02. The van der Waals surface area contributed by atoms with E-state index in [-0.39, 0.29) is 11.9 Å². The van der Waals surface area contributed by atoms with E-state index in [1.54, 1.807) is 6.07 Å². The second kappa shape index (κ2) is 8.23. The van der Waals surface area contributed by atoms with Gasteiger partial charge < -0.3 is 10.2 Å². The van der Waals surface area contributed by atoms with Crippen LogP contribution in [0.25, 0.3) is 0 Å². The second-order valence-electron chi connectivity index (χ2n) is 5.02. The molecule has 0 saturated carbocycles. The monoisotopic (exact) mass is 267 g/mol. The van der Waals surface area contributed by atoms with Gasteiger partial charge in [-0.25, -0.2) is 4.39 Å². The molecule has 1 heterocycles. The van der Waals surface area contributed by atoms with Crippen molar-refractivity contribution in [3.8, 4) is 0 Å². The van der Waals surface area contributed by atoms with Crippen LogP contribution >= 0.6 is 0 Å². The molecular weight excluding hydrogens is 241 g/mol. The molecule has 1 aromatic rings. The molecule has 1 aromatic heterocycles. The first-order chi connectivity index (χ1) is 9.08. The minimum Gasteiger partial charge on any atom is -0.309 e. The lowest BCUT2D eigenvalue weighted by Crippen LogP contribution is -2.34. The van der Waals surface area contributed by atoms with Gasteiger partial charge in [0.15, 0.2) is 0 Å². The van der Waals surface area contributed by atoms with Gasteiger partial charge in [0.2, 0.25) is 0 Å². The van der Waals surface area contributed by atoms with Gasteiger partial charge in [0, 0.05) is 12.6 Å². The number of pyridine rings is 1. The van der Waals surface area contributed by atoms with Gasteiger partial charge >= 0.3 is 0 Å². The predicted molar refractivity (Wildman–Crippen MR) is 77.6 cm³/mol. The highest BCUT2D eigenvalue weighted by molar-refractivity contribution is 5.10. The van der Waals surface area contributed by atoms with Crippen molar-refractivity contribution in [1.29, 1.82) is 0 Å². The van der Waals surface area contributed by atoms with Crippen LogP contribution < -0.4 is 5.32 Å². The van der Waals surface area contributed by atoms with E-state index in [4.69, 9.17) is 0 Å². The SMILES string of the molecule is CCNC(CCN(CC)C(C)C)c1ccc(F)cn1. The summed E-state index contributed by atoms with van der Waals surface area (Å²) in [5.74, 6) is -0.281. The summed E-state index contributed by atoms with van der Waals surface area (Å²) in [6.45, 7) is 11.6. The fourth-order valence-corrected chi connectivity index (χ4v) is 2.27. The van der Waals surface area contributed by atoms with Crippen molar-refractivity contribution in [2.45, 2.75) is 46.2 Å². The maximum Gasteiger partial charge on any atom is 0.141 e. The van der Waals surface area contributed by atoms with Crippen LogP contribution in [0.3, 0.4) is 0 Å². The fourth-order valence-electron chi connectivity index (χ4n) is 2.27. The third-order valence-corrected chi connectivity index (χ3v) is 3.40. The van der Waals surface area contributed by atoms with E-state index in [9.17, 15) is 4.39 Å². The normalized spacial score (nSPS) is 13.2. The predicted octanol–water partition coefficient (Wildman–Crippen LogP) is 2.99. The molecule has 0 aromatic carbocycles. The molecule has 0 spiro atoms. The van der Waals surface area contributed by atoms with Gasteiger partial charge in [-0.05, 0) is 45.5 Å². The van der Waals surface area contributed by atoms with Crippen LogP contribution in [0.2, 0.25) is 0 Å². The molecule has 1 rings (SSSR count). The average molecular weight is 267 g/mol. The van der Waals surface area contributed by atoms with Crippen molar-refractivity contribution in [3.05, 3.63) is 29.8 Å². The third kappa shape index (κ3) is 5.25. The molecule has 108 valence electrons. The number of nitrogens with one attached hydrogen (secondary N) is 1. The Kier molecular flexibility index (Phi) is 6.95. The highest BCUT2D eigenvalue weighted by Gasteiger charge is 2.14. The molecule has 1 atom stereocenters. The fraction of sp³-hybridized carbons (Fsp3) is 0.667. The number of aromatic nitrogens is 1. The number of hydrogen-bond donors (Lipinski definition) is 1. The van der Waals surface area contributed by atoms with Gasteiger partial charge in [0.05, 0.1) is 17.9 Å². The quantitative estimate of drug-likeness (QED) is 0.785. The zero-order valence-electron chi connectivity index (χ0n) is 12.5. The van der Waals surface area contributed by atoms with Crippen LogP contribution in [-0.2, 0) is 0 Å². The average Bonchev–Trinajstić information content (AvgIpc) is 2.39. The summed E-state index contributed by atoms with van der Waals surface area (Å²) in [5.41, 5.74) is 0.919. The first-order valence-corrected chi connectivity index (χ1v) is 7.17. The highest BCUT2D eigenvalue weighted by Crippen LogP contribution is 2.16. The number of halogens is 1. The number of rotatable bonds is 8. The van der Waals surface area contributed by atoms with Gasteiger partial charge in [0.1, 0.15) is 5.82 Å². The van der Waals surface area contributed by atoms with E-state index in [2.05, 4.69) is 42.9 Å². The maximum absolute atomic E-state index is 12.9. The molecule has 0 aliphatic heterocycles. The molecule has 0 bridgehead atoms. The maximum atomic E-state index is 12.9. The van der Waals surface area contributed by atoms with Crippen molar-refractivity contribution in [3.63, 3.8) is 0 Å². The Morgan fingerprint density at radius 3 is 2.53 bits per heavy atom. The summed E-state index contributed by atoms with van der Waals surface area (Å²) in [4.78, 5) is 6.61. The standard InChI is InChI=1S/C15H26FN3/c1-5-17-15(9-10-19(6-2)12(3)4)14-8-7-13(16)11-18-14/h7-8,11-12,15,17H,5-6,9-10H2,1-4H3. The van der Waals surface area contributed by atoms with E-state index in [1.165, 1.54) is 12.3 Å². The molecule has 0 aliphatic carbocycles. The third-order valence-electron chi connectivity index (χ3n) is 3.40. The molecule has 0 radical (unpaired) electrons. The van der Waals surface area contributed by atoms with E-state index >= 15 is 0 Å². The lowest BCUT2D eigenvalue weighted by Gasteiger charge is -2.27. The highest BCUT2D eigenvalue weighted by atomic mass is 19.1. The summed E-state index contributed by atoms with van der Waals surface area (Å²) >= 11 is 0. The van der Waals surface area contributed by atoms with Crippen LogP contribution in [-0.4, -0.2) is 35.6 Å². The van der Waals surface area contributed by atoms with Gasteiger partial charge in [0.25, 0.3) is 0 Å². The molecule has 0 fully saturated rings. The van der Waals surface area contributed by atoms with Gasteiger partial charge in [-0.3, -0.25) is 4.98 Å². The Hall–Kier alpha value is -1.00. The zero-order chi connectivity index (χ0) is 14.3. The lowest BCUT2D eigenvalue weighted by molar-refractivity contribution is 0.220. The Morgan fingerprint density at radius 2 is 2.05 bits per heavy atom. The first-order valence-electron chi connectivity index (χ1n) is 7.17. The first kappa shape index (κ1) is 16.1. The Morgan fingerprint density at radius 1 is 1.32 bits per heavy atom. The number of nitrogens with zero attached hydrogens (tertiary/aromatic N) is 2. The van der Waals surface area contributed by atoms with Crippen LogP contribution in [0.4, 0.5) is 4.39 Å². The summed E-state index contributed by atoms with van der Waals surface area (Å²) in [5, 5.41) is 3.43. The van der Waals surface area contributed by atoms with E-state index in [1.807, 2.05) is 0 Å². The smallest absolute Gasteiger partial charge is 0.141 e. The molecule has 4 heteroatoms. The Balaban J connectivity index is 2.64. The zero-order valence-corrected chi connectivity index (χ0v) is 12.5. The van der Waals surface area contributed by atoms with E-state index < -0.39 is 0 Å². The summed E-state index contributed by atoms with van der Waals surface area (Å²) < 4.78 is 12.9. The van der Waals surface area contributed by atoms with Gasteiger partial charge in [-0.15, -0.1) is 0 Å². The molecule has 0 saturated heterocycles. The molecule has 1 unspecified atom stereocenters.